The van der Waals surface area contributed by atoms with Crippen LogP contribution in [0.2, 0.25) is 0 Å². The second-order valence-electron chi connectivity index (χ2n) is 10.1. The molecule has 36 heavy (non-hydrogen) atoms. The number of rotatable bonds is 5. The third-order valence-electron chi connectivity index (χ3n) is 6.35. The van der Waals surface area contributed by atoms with Gasteiger partial charge in [-0.3, -0.25) is 0 Å². The van der Waals surface area contributed by atoms with E-state index in [-0.39, 0.29) is 11.3 Å². The van der Waals surface area contributed by atoms with Crippen LogP contribution in [0, 0.1) is 5.92 Å². The van der Waals surface area contributed by atoms with Gasteiger partial charge in [0.2, 0.25) is 0 Å². The SMILES string of the molecule is CC(C)CS.COc1cc(O)ccc1-c1ccc2c3c1CN(c1ccccc1OC)C3=CC(C)(C)N2. The summed E-state index contributed by atoms with van der Waals surface area (Å²) in [6.07, 6.45) is 2.29. The lowest BCUT2D eigenvalue weighted by Crippen LogP contribution is -2.33. The highest BCUT2D eigenvalue weighted by molar-refractivity contribution is 7.80. The van der Waals surface area contributed by atoms with Gasteiger partial charge in [0.25, 0.3) is 0 Å². The summed E-state index contributed by atoms with van der Waals surface area (Å²) in [5.74, 6) is 3.44. The monoisotopic (exact) mass is 504 g/mol. The number of hydrogen-bond acceptors (Lipinski definition) is 6. The van der Waals surface area contributed by atoms with Gasteiger partial charge in [-0.1, -0.05) is 32.0 Å². The molecular weight excluding hydrogens is 468 g/mol. The van der Waals surface area contributed by atoms with E-state index in [1.807, 2.05) is 24.3 Å². The molecule has 5 rings (SSSR count). The Labute approximate surface area is 220 Å². The van der Waals surface area contributed by atoms with E-state index in [1.54, 1.807) is 26.4 Å². The van der Waals surface area contributed by atoms with Gasteiger partial charge in [0, 0.05) is 35.1 Å². The van der Waals surface area contributed by atoms with Crippen molar-refractivity contribution in [1.29, 1.82) is 0 Å². The summed E-state index contributed by atoms with van der Waals surface area (Å²) in [6.45, 7) is 9.36. The Morgan fingerprint density at radius 1 is 1.00 bits per heavy atom. The van der Waals surface area contributed by atoms with E-state index in [9.17, 15) is 5.11 Å². The van der Waals surface area contributed by atoms with E-state index in [0.717, 1.165) is 39.9 Å². The summed E-state index contributed by atoms with van der Waals surface area (Å²) in [5.41, 5.74) is 7.65. The fourth-order valence-electron chi connectivity index (χ4n) is 4.68. The first kappa shape index (κ1) is 25.8. The molecule has 0 radical (unpaired) electrons. The Kier molecular flexibility index (Phi) is 7.46. The molecule has 0 saturated carbocycles. The molecule has 3 aromatic carbocycles. The summed E-state index contributed by atoms with van der Waals surface area (Å²) in [6, 6.07) is 17.7. The van der Waals surface area contributed by atoms with E-state index in [4.69, 9.17) is 9.47 Å². The Morgan fingerprint density at radius 3 is 2.33 bits per heavy atom. The number of benzene rings is 3. The minimum absolute atomic E-state index is 0.179. The molecule has 6 heteroatoms. The van der Waals surface area contributed by atoms with Crippen LogP contribution in [0.5, 0.6) is 17.2 Å². The second kappa shape index (κ2) is 10.4. The molecule has 2 aliphatic rings. The summed E-state index contributed by atoms with van der Waals surface area (Å²) in [7, 11) is 3.34. The van der Waals surface area contributed by atoms with Crippen LogP contribution in [0.1, 0.15) is 38.8 Å². The van der Waals surface area contributed by atoms with E-state index in [2.05, 4.69) is 74.8 Å². The van der Waals surface area contributed by atoms with Crippen LogP contribution >= 0.6 is 12.6 Å². The Balaban J connectivity index is 0.000000556. The molecule has 0 atom stereocenters. The van der Waals surface area contributed by atoms with Crippen LogP contribution in [0.15, 0.2) is 60.7 Å². The van der Waals surface area contributed by atoms with Crippen molar-refractivity contribution >= 4 is 29.7 Å². The molecule has 0 bridgehead atoms. The number of anilines is 2. The molecule has 2 heterocycles. The van der Waals surface area contributed by atoms with Gasteiger partial charge in [-0.25, -0.2) is 0 Å². The highest BCUT2D eigenvalue weighted by Crippen LogP contribution is 2.51. The highest BCUT2D eigenvalue weighted by Gasteiger charge is 2.37. The van der Waals surface area contributed by atoms with E-state index >= 15 is 0 Å². The zero-order valence-electron chi connectivity index (χ0n) is 21.9. The first-order chi connectivity index (χ1) is 17.2. The van der Waals surface area contributed by atoms with Gasteiger partial charge in [-0.15, -0.1) is 0 Å². The smallest absolute Gasteiger partial charge is 0.142 e. The van der Waals surface area contributed by atoms with Gasteiger partial charge >= 0.3 is 0 Å². The third-order valence-corrected chi connectivity index (χ3v) is 7.08. The molecule has 0 saturated heterocycles. The van der Waals surface area contributed by atoms with Crippen LogP contribution in [0.3, 0.4) is 0 Å². The minimum Gasteiger partial charge on any atom is -0.508 e. The number of ether oxygens (including phenoxy) is 2. The zero-order valence-corrected chi connectivity index (χ0v) is 22.8. The summed E-state index contributed by atoms with van der Waals surface area (Å²) in [4.78, 5) is 2.33. The molecular formula is C30H36N2O3S. The average molecular weight is 505 g/mol. The maximum absolute atomic E-state index is 9.93. The predicted octanol–water partition coefficient (Wildman–Crippen LogP) is 7.21. The molecule has 5 nitrogen and oxygen atoms in total. The van der Waals surface area contributed by atoms with E-state index in [1.165, 1.54) is 16.8 Å². The first-order valence-corrected chi connectivity index (χ1v) is 12.9. The second-order valence-corrected chi connectivity index (χ2v) is 10.5. The molecule has 3 aromatic rings. The van der Waals surface area contributed by atoms with Gasteiger partial charge in [-0.2, -0.15) is 12.6 Å². The zero-order chi connectivity index (χ0) is 26.0. The number of phenols is 1. The minimum atomic E-state index is -0.179. The Hall–Kier alpha value is -3.25. The number of nitrogens with zero attached hydrogens (tertiary/aromatic N) is 1. The fourth-order valence-corrected chi connectivity index (χ4v) is 4.68. The summed E-state index contributed by atoms with van der Waals surface area (Å²) < 4.78 is 11.3. The van der Waals surface area contributed by atoms with Crippen LogP contribution in [0.25, 0.3) is 16.8 Å². The molecule has 190 valence electrons. The van der Waals surface area contributed by atoms with Crippen molar-refractivity contribution in [2.45, 2.75) is 39.8 Å². The lowest BCUT2D eigenvalue weighted by atomic mass is 9.89. The lowest BCUT2D eigenvalue weighted by Gasteiger charge is -2.33. The maximum Gasteiger partial charge on any atom is 0.142 e. The van der Waals surface area contributed by atoms with Crippen LogP contribution in [-0.2, 0) is 6.54 Å². The number of phenolic OH excluding ortho intramolecular Hbond substituents is 1. The molecule has 0 amide bonds. The first-order valence-electron chi connectivity index (χ1n) is 12.2. The van der Waals surface area contributed by atoms with E-state index < -0.39 is 0 Å². The standard InChI is InChI=1S/C26H26N2O3.C4H10S/c1-26(2)14-22-25-19(15-28(22)21-7-5-6-8-23(21)30-3)17(11-12-20(25)27-26)18-10-9-16(29)13-24(18)31-4;1-4(2)3-5/h5-14,27,29H,15H2,1-4H3;4-5H,3H2,1-2H3. The third kappa shape index (κ3) is 5.00. The largest absolute Gasteiger partial charge is 0.508 e. The van der Waals surface area contributed by atoms with Crippen molar-refractivity contribution in [1.82, 2.24) is 0 Å². The number of thiol groups is 1. The number of para-hydroxylation sites is 2. The normalized spacial score (nSPS) is 14.9. The van der Waals surface area contributed by atoms with Crippen molar-refractivity contribution in [2.24, 2.45) is 5.92 Å². The van der Waals surface area contributed by atoms with Crippen molar-refractivity contribution in [3.8, 4) is 28.4 Å². The molecule has 0 unspecified atom stereocenters. The van der Waals surface area contributed by atoms with Crippen LogP contribution in [-0.4, -0.2) is 30.6 Å². The average Bonchev–Trinajstić information content (AvgIpc) is 3.23. The van der Waals surface area contributed by atoms with Crippen molar-refractivity contribution in [3.63, 3.8) is 0 Å². The summed E-state index contributed by atoms with van der Waals surface area (Å²) in [5, 5.41) is 13.6. The number of hydrogen-bond donors (Lipinski definition) is 3. The van der Waals surface area contributed by atoms with Crippen LogP contribution < -0.4 is 19.7 Å². The van der Waals surface area contributed by atoms with Gasteiger partial charge < -0.3 is 24.8 Å². The number of aromatic hydroxyl groups is 1. The topological polar surface area (TPSA) is 54.0 Å². The van der Waals surface area contributed by atoms with Gasteiger partial charge in [0.05, 0.1) is 25.4 Å². The maximum atomic E-state index is 9.93. The highest BCUT2D eigenvalue weighted by atomic mass is 32.1. The molecule has 0 aliphatic carbocycles. The van der Waals surface area contributed by atoms with Gasteiger partial charge in [-0.05, 0) is 73.1 Å². The number of methoxy groups -OCH3 is 2. The molecule has 0 spiro atoms. The summed E-state index contributed by atoms with van der Waals surface area (Å²) >= 11 is 4.02. The van der Waals surface area contributed by atoms with Crippen molar-refractivity contribution in [2.75, 3.05) is 30.2 Å². The number of nitrogens with one attached hydrogen (secondary N) is 1. The predicted molar refractivity (Wildman–Crippen MR) is 154 cm³/mol. The Bertz CT molecular complexity index is 1280. The van der Waals surface area contributed by atoms with Gasteiger partial charge in [0.15, 0.2) is 0 Å². The molecule has 0 aromatic heterocycles. The molecule has 2 N–H and O–H groups in total. The van der Waals surface area contributed by atoms with Crippen molar-refractivity contribution < 1.29 is 14.6 Å². The fraction of sp³-hybridized carbons (Fsp3) is 0.333. The Morgan fingerprint density at radius 2 is 1.67 bits per heavy atom. The van der Waals surface area contributed by atoms with Gasteiger partial charge in [0.1, 0.15) is 17.2 Å². The van der Waals surface area contributed by atoms with Crippen LogP contribution in [0.4, 0.5) is 11.4 Å². The molecule has 2 aliphatic heterocycles. The van der Waals surface area contributed by atoms with E-state index in [0.29, 0.717) is 12.3 Å². The molecule has 0 fully saturated rings. The lowest BCUT2D eigenvalue weighted by molar-refractivity contribution is 0.409. The quantitative estimate of drug-likeness (QED) is 0.321. The van der Waals surface area contributed by atoms with Crippen molar-refractivity contribution in [3.05, 3.63) is 71.8 Å².